The molecule has 4 rings (SSSR count). The van der Waals surface area contributed by atoms with Crippen molar-refractivity contribution in [2.24, 2.45) is 0 Å². The number of nitrogens with zero attached hydrogens (tertiary/aromatic N) is 3. The van der Waals surface area contributed by atoms with Gasteiger partial charge in [-0.1, -0.05) is 15.9 Å². The molecule has 124 valence electrons. The molecular weight excluding hydrogens is 386 g/mol. The Kier molecular flexibility index (Phi) is 4.18. The standard InChI is InChI=1S/C18H18BrN3OS/c1-12-15-11-16(17(23)21-9-3-2-4-10-21)24-18(15)22(20-12)14-7-5-13(19)6-8-14/h5-8,11H,2-4,9-10H2,1H3. The van der Waals surface area contributed by atoms with Crippen molar-refractivity contribution in [3.05, 3.63) is 45.4 Å². The van der Waals surface area contributed by atoms with Crippen molar-refractivity contribution >= 4 is 43.4 Å². The Labute approximate surface area is 153 Å². The molecule has 0 spiro atoms. The maximum Gasteiger partial charge on any atom is 0.264 e. The van der Waals surface area contributed by atoms with Gasteiger partial charge in [-0.2, -0.15) is 5.10 Å². The van der Waals surface area contributed by atoms with Crippen LogP contribution < -0.4 is 0 Å². The van der Waals surface area contributed by atoms with Crippen molar-refractivity contribution in [2.75, 3.05) is 13.1 Å². The molecule has 3 heterocycles. The van der Waals surface area contributed by atoms with Crippen molar-refractivity contribution in [2.45, 2.75) is 26.2 Å². The maximum atomic E-state index is 12.8. The second-order valence-corrected chi connectivity index (χ2v) is 8.10. The molecule has 2 aromatic heterocycles. The van der Waals surface area contributed by atoms with E-state index >= 15 is 0 Å². The van der Waals surface area contributed by atoms with E-state index in [1.165, 1.54) is 6.42 Å². The highest BCUT2D eigenvalue weighted by atomic mass is 79.9. The fraction of sp³-hybridized carbons (Fsp3) is 0.333. The van der Waals surface area contributed by atoms with Gasteiger partial charge >= 0.3 is 0 Å². The largest absolute Gasteiger partial charge is 0.338 e. The van der Waals surface area contributed by atoms with Crippen LogP contribution in [0.5, 0.6) is 0 Å². The van der Waals surface area contributed by atoms with Gasteiger partial charge in [0.15, 0.2) is 0 Å². The molecule has 6 heteroatoms. The van der Waals surface area contributed by atoms with Crippen LogP contribution in [0.2, 0.25) is 0 Å². The number of hydrogen-bond donors (Lipinski definition) is 0. The first-order valence-electron chi connectivity index (χ1n) is 8.18. The van der Waals surface area contributed by atoms with Crippen molar-refractivity contribution in [1.82, 2.24) is 14.7 Å². The van der Waals surface area contributed by atoms with E-state index in [9.17, 15) is 4.79 Å². The Morgan fingerprint density at radius 3 is 2.58 bits per heavy atom. The summed E-state index contributed by atoms with van der Waals surface area (Å²) >= 11 is 5.01. The smallest absolute Gasteiger partial charge is 0.264 e. The van der Waals surface area contributed by atoms with Gasteiger partial charge in [-0.15, -0.1) is 11.3 Å². The quantitative estimate of drug-likeness (QED) is 0.616. The Morgan fingerprint density at radius 2 is 1.88 bits per heavy atom. The number of carbonyl (C=O) groups excluding carboxylic acids is 1. The number of halogens is 1. The number of rotatable bonds is 2. The third kappa shape index (κ3) is 2.78. The van der Waals surface area contributed by atoms with Crippen LogP contribution in [-0.2, 0) is 0 Å². The molecule has 4 nitrogen and oxygen atoms in total. The second-order valence-electron chi connectivity index (χ2n) is 6.16. The first-order valence-corrected chi connectivity index (χ1v) is 9.79. The Hall–Kier alpha value is -1.66. The number of carbonyl (C=O) groups is 1. The number of fused-ring (bicyclic) bond motifs is 1. The van der Waals surface area contributed by atoms with Crippen LogP contribution in [0.4, 0.5) is 0 Å². The molecule has 0 saturated carbocycles. The van der Waals surface area contributed by atoms with Crippen LogP contribution in [0.25, 0.3) is 15.9 Å². The fourth-order valence-electron chi connectivity index (χ4n) is 3.16. The van der Waals surface area contributed by atoms with Crippen molar-refractivity contribution < 1.29 is 4.79 Å². The van der Waals surface area contributed by atoms with E-state index in [1.807, 2.05) is 46.8 Å². The Morgan fingerprint density at radius 1 is 1.17 bits per heavy atom. The first kappa shape index (κ1) is 15.8. The van der Waals surface area contributed by atoms with E-state index in [2.05, 4.69) is 21.0 Å². The van der Waals surface area contributed by atoms with Crippen LogP contribution >= 0.6 is 27.3 Å². The van der Waals surface area contributed by atoms with Crippen LogP contribution in [0.15, 0.2) is 34.8 Å². The van der Waals surface area contributed by atoms with Gasteiger partial charge in [-0.3, -0.25) is 4.79 Å². The lowest BCUT2D eigenvalue weighted by Gasteiger charge is -2.26. The zero-order valence-electron chi connectivity index (χ0n) is 13.5. The Balaban J connectivity index is 1.74. The van der Waals surface area contributed by atoms with Gasteiger partial charge in [0.1, 0.15) is 4.83 Å². The predicted molar refractivity (Wildman–Crippen MR) is 101 cm³/mol. The summed E-state index contributed by atoms with van der Waals surface area (Å²) < 4.78 is 2.98. The minimum atomic E-state index is 0.164. The van der Waals surface area contributed by atoms with Crippen LogP contribution in [0.3, 0.4) is 0 Å². The van der Waals surface area contributed by atoms with Crippen LogP contribution in [0.1, 0.15) is 34.6 Å². The molecular formula is C18H18BrN3OS. The van der Waals surface area contributed by atoms with E-state index in [4.69, 9.17) is 0 Å². The van der Waals surface area contributed by atoms with Gasteiger partial charge in [-0.25, -0.2) is 4.68 Å². The average Bonchev–Trinajstić information content (AvgIpc) is 3.17. The number of hydrogen-bond acceptors (Lipinski definition) is 3. The summed E-state index contributed by atoms with van der Waals surface area (Å²) in [5.41, 5.74) is 1.97. The van der Waals surface area contributed by atoms with Gasteiger partial charge < -0.3 is 4.90 Å². The van der Waals surface area contributed by atoms with Crippen LogP contribution in [-0.4, -0.2) is 33.7 Å². The topological polar surface area (TPSA) is 38.1 Å². The van der Waals surface area contributed by atoms with Crippen LogP contribution in [0, 0.1) is 6.92 Å². The fourth-order valence-corrected chi connectivity index (χ4v) is 4.58. The van der Waals surface area contributed by atoms with Gasteiger partial charge in [0.2, 0.25) is 0 Å². The molecule has 0 atom stereocenters. The lowest BCUT2D eigenvalue weighted by molar-refractivity contribution is 0.0729. The Bertz CT molecular complexity index is 891. The summed E-state index contributed by atoms with van der Waals surface area (Å²) in [5.74, 6) is 0.164. The van der Waals surface area contributed by atoms with Gasteiger partial charge in [0.25, 0.3) is 5.91 Å². The van der Waals surface area contributed by atoms with E-state index in [0.717, 1.165) is 56.9 Å². The molecule has 0 aliphatic carbocycles. The first-order chi connectivity index (χ1) is 11.6. The van der Waals surface area contributed by atoms with E-state index in [0.29, 0.717) is 0 Å². The minimum Gasteiger partial charge on any atom is -0.338 e. The highest BCUT2D eigenvalue weighted by Crippen LogP contribution is 2.31. The molecule has 1 aromatic carbocycles. The van der Waals surface area contributed by atoms with E-state index in [1.54, 1.807) is 11.3 Å². The van der Waals surface area contributed by atoms with E-state index < -0.39 is 0 Å². The molecule has 1 fully saturated rings. The van der Waals surface area contributed by atoms with Gasteiger partial charge in [0, 0.05) is 22.9 Å². The monoisotopic (exact) mass is 403 g/mol. The number of aromatic nitrogens is 2. The number of aryl methyl sites for hydroxylation is 1. The summed E-state index contributed by atoms with van der Waals surface area (Å²) in [6, 6.07) is 10.1. The number of amides is 1. The molecule has 0 unspecified atom stereocenters. The maximum absolute atomic E-state index is 12.8. The molecule has 3 aromatic rings. The summed E-state index contributed by atoms with van der Waals surface area (Å²) in [6.45, 7) is 3.76. The molecule has 1 aliphatic heterocycles. The second kappa shape index (κ2) is 6.33. The number of piperidine rings is 1. The van der Waals surface area contributed by atoms with Crippen molar-refractivity contribution in [3.63, 3.8) is 0 Å². The molecule has 1 amide bonds. The number of benzene rings is 1. The van der Waals surface area contributed by atoms with Gasteiger partial charge in [-0.05, 0) is 56.5 Å². The zero-order valence-corrected chi connectivity index (χ0v) is 15.9. The van der Waals surface area contributed by atoms with Gasteiger partial charge in [0.05, 0.1) is 16.3 Å². The normalized spacial score (nSPS) is 15.2. The minimum absolute atomic E-state index is 0.164. The third-order valence-corrected chi connectivity index (χ3v) is 6.10. The lowest BCUT2D eigenvalue weighted by atomic mass is 10.1. The lowest BCUT2D eigenvalue weighted by Crippen LogP contribution is -2.35. The summed E-state index contributed by atoms with van der Waals surface area (Å²) in [7, 11) is 0. The molecule has 1 saturated heterocycles. The molecule has 0 bridgehead atoms. The number of likely N-dealkylation sites (tertiary alicyclic amines) is 1. The highest BCUT2D eigenvalue weighted by Gasteiger charge is 2.22. The van der Waals surface area contributed by atoms with E-state index in [-0.39, 0.29) is 5.91 Å². The summed E-state index contributed by atoms with van der Waals surface area (Å²) in [6.07, 6.45) is 3.46. The average molecular weight is 404 g/mol. The third-order valence-electron chi connectivity index (χ3n) is 4.47. The molecule has 1 aliphatic rings. The zero-order chi connectivity index (χ0) is 16.7. The SMILES string of the molecule is Cc1nn(-c2ccc(Br)cc2)c2sc(C(=O)N3CCCCC3)cc12. The number of thiophene rings is 1. The highest BCUT2D eigenvalue weighted by molar-refractivity contribution is 9.10. The van der Waals surface area contributed by atoms with Crippen molar-refractivity contribution in [3.8, 4) is 5.69 Å². The van der Waals surface area contributed by atoms with Crippen molar-refractivity contribution in [1.29, 1.82) is 0 Å². The molecule has 0 radical (unpaired) electrons. The summed E-state index contributed by atoms with van der Waals surface area (Å²) in [4.78, 5) is 16.6. The molecule has 24 heavy (non-hydrogen) atoms. The molecule has 0 N–H and O–H groups in total. The predicted octanol–water partition coefficient (Wildman–Crippen LogP) is 4.78. The summed E-state index contributed by atoms with van der Waals surface area (Å²) in [5, 5.41) is 5.72.